The van der Waals surface area contributed by atoms with E-state index in [0.717, 1.165) is 11.1 Å². The monoisotopic (exact) mass is 344 g/mol. The lowest BCUT2D eigenvalue weighted by atomic mass is 10.1. The number of hydrogen-bond acceptors (Lipinski definition) is 7. The summed E-state index contributed by atoms with van der Waals surface area (Å²) in [5, 5.41) is 14.3. The normalized spacial score (nSPS) is 12.1. The van der Waals surface area contributed by atoms with Crippen LogP contribution in [-0.2, 0) is 4.79 Å². The molecule has 0 fully saturated rings. The van der Waals surface area contributed by atoms with Crippen LogP contribution in [0.5, 0.6) is 0 Å². The minimum atomic E-state index is -0.423. The molecule has 24 heavy (non-hydrogen) atoms. The van der Waals surface area contributed by atoms with E-state index in [-0.39, 0.29) is 5.91 Å². The molecule has 0 spiro atoms. The molecule has 0 radical (unpaired) electrons. The topological polar surface area (TPSA) is 94.1 Å². The molecule has 1 aromatic carbocycles. The highest BCUT2D eigenvalue weighted by molar-refractivity contribution is 8.00. The molecule has 124 valence electrons. The van der Waals surface area contributed by atoms with Gasteiger partial charge in [-0.15, -0.1) is 10.2 Å². The van der Waals surface area contributed by atoms with Crippen LogP contribution in [-0.4, -0.2) is 26.5 Å². The molecule has 0 saturated heterocycles. The standard InChI is InChI=1S/C16H16N4O3S/c1-9-5-4-6-12(7-9)15-18-19-16(22-15)24-11(3)14(21)17-13-8-10(2)23-20-13/h4-8,11H,1-3H3,(H,17,20,21)/t11-/m0/s1. The average molecular weight is 344 g/mol. The Bertz CT molecular complexity index is 858. The van der Waals surface area contributed by atoms with Gasteiger partial charge in [0.15, 0.2) is 5.82 Å². The van der Waals surface area contributed by atoms with Gasteiger partial charge in [-0.05, 0) is 32.9 Å². The molecule has 1 N–H and O–H groups in total. The largest absolute Gasteiger partial charge is 0.411 e. The van der Waals surface area contributed by atoms with Gasteiger partial charge in [-0.1, -0.05) is 34.6 Å². The van der Waals surface area contributed by atoms with E-state index < -0.39 is 5.25 Å². The Balaban J connectivity index is 1.64. The first kappa shape index (κ1) is 16.3. The van der Waals surface area contributed by atoms with Gasteiger partial charge in [0.25, 0.3) is 5.22 Å². The summed E-state index contributed by atoms with van der Waals surface area (Å²) >= 11 is 1.19. The second-order valence-electron chi connectivity index (χ2n) is 5.31. The maximum absolute atomic E-state index is 12.1. The first-order valence-corrected chi connectivity index (χ1v) is 8.20. The van der Waals surface area contributed by atoms with Crippen molar-refractivity contribution < 1.29 is 13.7 Å². The molecule has 0 bridgehead atoms. The van der Waals surface area contributed by atoms with E-state index in [2.05, 4.69) is 20.7 Å². The summed E-state index contributed by atoms with van der Waals surface area (Å²) < 4.78 is 10.5. The van der Waals surface area contributed by atoms with Crippen molar-refractivity contribution in [2.45, 2.75) is 31.2 Å². The van der Waals surface area contributed by atoms with Crippen LogP contribution >= 0.6 is 11.8 Å². The fourth-order valence-corrected chi connectivity index (χ4v) is 2.69. The fourth-order valence-electron chi connectivity index (χ4n) is 2.01. The van der Waals surface area contributed by atoms with Crippen molar-refractivity contribution in [3.8, 4) is 11.5 Å². The molecule has 0 aliphatic carbocycles. The lowest BCUT2D eigenvalue weighted by Gasteiger charge is -2.06. The number of rotatable bonds is 5. The van der Waals surface area contributed by atoms with Crippen LogP contribution in [0.2, 0.25) is 0 Å². The minimum Gasteiger partial charge on any atom is -0.411 e. The Morgan fingerprint density at radius 3 is 2.79 bits per heavy atom. The summed E-state index contributed by atoms with van der Waals surface area (Å²) in [6.45, 7) is 5.50. The third-order valence-corrected chi connectivity index (χ3v) is 4.13. The number of amides is 1. The van der Waals surface area contributed by atoms with Crippen molar-refractivity contribution in [3.63, 3.8) is 0 Å². The number of aryl methyl sites for hydroxylation is 2. The molecular formula is C16H16N4O3S. The van der Waals surface area contributed by atoms with Crippen molar-refractivity contribution in [1.29, 1.82) is 0 Å². The van der Waals surface area contributed by atoms with E-state index in [1.807, 2.05) is 31.2 Å². The minimum absolute atomic E-state index is 0.219. The van der Waals surface area contributed by atoms with Gasteiger partial charge < -0.3 is 14.3 Å². The van der Waals surface area contributed by atoms with Gasteiger partial charge in [0.2, 0.25) is 11.8 Å². The van der Waals surface area contributed by atoms with Gasteiger partial charge in [-0.2, -0.15) is 0 Å². The average Bonchev–Trinajstić information content (AvgIpc) is 3.16. The van der Waals surface area contributed by atoms with E-state index in [1.165, 1.54) is 11.8 Å². The lowest BCUT2D eigenvalue weighted by molar-refractivity contribution is -0.115. The Labute approximate surface area is 142 Å². The van der Waals surface area contributed by atoms with Crippen molar-refractivity contribution in [2.24, 2.45) is 0 Å². The first-order chi connectivity index (χ1) is 11.5. The molecule has 2 aromatic heterocycles. The van der Waals surface area contributed by atoms with Crippen LogP contribution in [0.25, 0.3) is 11.5 Å². The van der Waals surface area contributed by atoms with Gasteiger partial charge in [0.1, 0.15) is 5.76 Å². The Morgan fingerprint density at radius 1 is 1.25 bits per heavy atom. The highest BCUT2D eigenvalue weighted by Gasteiger charge is 2.20. The third-order valence-electron chi connectivity index (χ3n) is 3.20. The van der Waals surface area contributed by atoms with E-state index in [9.17, 15) is 4.79 Å². The summed E-state index contributed by atoms with van der Waals surface area (Å²) in [6.07, 6.45) is 0. The van der Waals surface area contributed by atoms with E-state index in [1.54, 1.807) is 19.9 Å². The molecule has 8 heteroatoms. The number of nitrogens with one attached hydrogen (secondary N) is 1. The van der Waals surface area contributed by atoms with Crippen LogP contribution in [0.15, 0.2) is 44.5 Å². The number of anilines is 1. The van der Waals surface area contributed by atoms with Crippen LogP contribution in [0.1, 0.15) is 18.2 Å². The third kappa shape index (κ3) is 3.83. The van der Waals surface area contributed by atoms with Crippen molar-refractivity contribution >= 4 is 23.5 Å². The van der Waals surface area contributed by atoms with Crippen molar-refractivity contribution in [3.05, 3.63) is 41.7 Å². The Hall–Kier alpha value is -2.61. The molecule has 0 aliphatic rings. The summed E-state index contributed by atoms with van der Waals surface area (Å²) in [4.78, 5) is 12.1. The van der Waals surface area contributed by atoms with Gasteiger partial charge in [-0.25, -0.2) is 0 Å². The van der Waals surface area contributed by atoms with Gasteiger partial charge in [-0.3, -0.25) is 4.79 Å². The van der Waals surface area contributed by atoms with Crippen LogP contribution in [0.4, 0.5) is 5.82 Å². The Morgan fingerprint density at radius 2 is 2.08 bits per heavy atom. The SMILES string of the molecule is Cc1cccc(-c2nnc(S[C@@H](C)C(=O)Nc3cc(C)on3)o2)c1. The smallest absolute Gasteiger partial charge is 0.277 e. The maximum atomic E-state index is 12.1. The molecule has 2 heterocycles. The second kappa shape index (κ2) is 6.88. The molecule has 1 amide bonds. The van der Waals surface area contributed by atoms with Crippen molar-refractivity contribution in [1.82, 2.24) is 15.4 Å². The second-order valence-corrected chi connectivity index (χ2v) is 6.61. The number of carbonyl (C=O) groups excluding carboxylic acids is 1. The van der Waals surface area contributed by atoms with Crippen LogP contribution in [0.3, 0.4) is 0 Å². The zero-order valence-electron chi connectivity index (χ0n) is 13.4. The van der Waals surface area contributed by atoms with Gasteiger partial charge in [0, 0.05) is 11.6 Å². The van der Waals surface area contributed by atoms with Crippen LogP contribution < -0.4 is 5.32 Å². The Kier molecular flexibility index (Phi) is 4.66. The molecule has 3 aromatic rings. The van der Waals surface area contributed by atoms with E-state index in [4.69, 9.17) is 8.94 Å². The predicted octanol–water partition coefficient (Wildman–Crippen LogP) is 3.46. The van der Waals surface area contributed by atoms with Crippen molar-refractivity contribution in [2.75, 3.05) is 5.32 Å². The highest BCUT2D eigenvalue weighted by atomic mass is 32.2. The number of aromatic nitrogens is 3. The first-order valence-electron chi connectivity index (χ1n) is 7.32. The number of thioether (sulfide) groups is 1. The zero-order valence-corrected chi connectivity index (χ0v) is 14.3. The summed E-state index contributed by atoms with van der Waals surface area (Å²) in [7, 11) is 0. The van der Waals surface area contributed by atoms with E-state index in [0.29, 0.717) is 22.7 Å². The zero-order chi connectivity index (χ0) is 17.1. The lowest BCUT2D eigenvalue weighted by Crippen LogP contribution is -2.22. The maximum Gasteiger partial charge on any atom is 0.277 e. The fraction of sp³-hybridized carbons (Fsp3) is 0.250. The van der Waals surface area contributed by atoms with Gasteiger partial charge in [0.05, 0.1) is 5.25 Å². The number of hydrogen-bond donors (Lipinski definition) is 1. The number of nitrogens with zero attached hydrogens (tertiary/aromatic N) is 3. The quantitative estimate of drug-likeness (QED) is 0.708. The highest BCUT2D eigenvalue weighted by Crippen LogP contribution is 2.27. The van der Waals surface area contributed by atoms with E-state index >= 15 is 0 Å². The van der Waals surface area contributed by atoms with Gasteiger partial charge >= 0.3 is 0 Å². The summed E-state index contributed by atoms with van der Waals surface area (Å²) in [5.74, 6) is 1.23. The predicted molar refractivity (Wildman–Crippen MR) is 89.7 cm³/mol. The molecule has 0 saturated carbocycles. The number of carbonyl (C=O) groups is 1. The molecule has 1 atom stereocenters. The van der Waals surface area contributed by atoms with Crippen LogP contribution in [0, 0.1) is 13.8 Å². The molecule has 0 aliphatic heterocycles. The summed E-state index contributed by atoms with van der Waals surface area (Å²) in [6, 6.07) is 9.44. The number of benzene rings is 1. The molecule has 0 unspecified atom stereocenters. The summed E-state index contributed by atoms with van der Waals surface area (Å²) in [5.41, 5.74) is 1.96. The molecular weight excluding hydrogens is 328 g/mol. The molecule has 7 nitrogen and oxygen atoms in total. The molecule has 3 rings (SSSR count).